The van der Waals surface area contributed by atoms with E-state index in [0.717, 1.165) is 5.56 Å². The number of nitrogens with zero attached hydrogens (tertiary/aromatic N) is 1. The Labute approximate surface area is 102 Å². The minimum atomic E-state index is -0.217. The van der Waals surface area contributed by atoms with E-state index in [4.69, 9.17) is 5.26 Å². The van der Waals surface area contributed by atoms with Crippen LogP contribution in [0.2, 0.25) is 0 Å². The summed E-state index contributed by atoms with van der Waals surface area (Å²) < 4.78 is 0. The highest BCUT2D eigenvalue weighted by atomic mass is 16.1. The molecular formula is C14H16N2O. The lowest BCUT2D eigenvalue weighted by Gasteiger charge is -2.08. The minimum Gasteiger partial charge on any atom is -0.353 e. The third kappa shape index (κ3) is 4.52. The SMILES string of the molecule is C=CCNC(=O)CCC(C#N)c1ccccc1. The van der Waals surface area contributed by atoms with Crippen LogP contribution in [0.4, 0.5) is 0 Å². The monoisotopic (exact) mass is 228 g/mol. The molecule has 88 valence electrons. The van der Waals surface area contributed by atoms with Gasteiger partial charge in [0.05, 0.1) is 12.0 Å². The molecule has 0 spiro atoms. The zero-order valence-corrected chi connectivity index (χ0v) is 9.73. The summed E-state index contributed by atoms with van der Waals surface area (Å²) >= 11 is 0. The van der Waals surface area contributed by atoms with Crippen molar-refractivity contribution < 1.29 is 4.79 Å². The van der Waals surface area contributed by atoms with Gasteiger partial charge >= 0.3 is 0 Å². The molecule has 0 saturated heterocycles. The fourth-order valence-electron chi connectivity index (χ4n) is 1.54. The van der Waals surface area contributed by atoms with Gasteiger partial charge < -0.3 is 5.32 Å². The lowest BCUT2D eigenvalue weighted by atomic mass is 9.95. The Kier molecular flexibility index (Phi) is 5.53. The van der Waals surface area contributed by atoms with Crippen LogP contribution in [0.3, 0.4) is 0 Å². The quantitative estimate of drug-likeness (QED) is 0.760. The highest BCUT2D eigenvalue weighted by Crippen LogP contribution is 2.19. The molecule has 0 aliphatic carbocycles. The van der Waals surface area contributed by atoms with Crippen LogP contribution in [-0.2, 0) is 4.79 Å². The second kappa shape index (κ2) is 7.24. The molecule has 0 fully saturated rings. The molecule has 1 aromatic carbocycles. The smallest absolute Gasteiger partial charge is 0.220 e. The molecule has 0 bridgehead atoms. The van der Waals surface area contributed by atoms with Gasteiger partial charge in [0.15, 0.2) is 0 Å². The average molecular weight is 228 g/mol. The van der Waals surface area contributed by atoms with Crippen molar-refractivity contribution in [2.24, 2.45) is 0 Å². The van der Waals surface area contributed by atoms with Crippen LogP contribution in [-0.4, -0.2) is 12.5 Å². The second-order valence-corrected chi connectivity index (χ2v) is 3.72. The van der Waals surface area contributed by atoms with Crippen molar-refractivity contribution in [2.75, 3.05) is 6.54 Å². The molecule has 0 radical (unpaired) electrons. The molecule has 3 nitrogen and oxygen atoms in total. The molecule has 0 heterocycles. The van der Waals surface area contributed by atoms with Gasteiger partial charge in [0.1, 0.15) is 0 Å². The van der Waals surface area contributed by atoms with Gasteiger partial charge in [-0.15, -0.1) is 6.58 Å². The Morgan fingerprint density at radius 1 is 1.47 bits per heavy atom. The van der Waals surface area contributed by atoms with Crippen molar-refractivity contribution >= 4 is 5.91 Å². The fourth-order valence-corrected chi connectivity index (χ4v) is 1.54. The highest BCUT2D eigenvalue weighted by Gasteiger charge is 2.11. The van der Waals surface area contributed by atoms with E-state index < -0.39 is 0 Å². The number of benzene rings is 1. The first kappa shape index (κ1) is 13.0. The summed E-state index contributed by atoms with van der Waals surface area (Å²) in [6.45, 7) is 4.00. The van der Waals surface area contributed by atoms with E-state index in [2.05, 4.69) is 18.0 Å². The maximum atomic E-state index is 11.4. The summed E-state index contributed by atoms with van der Waals surface area (Å²) in [5, 5.41) is 11.8. The Morgan fingerprint density at radius 2 is 2.18 bits per heavy atom. The molecule has 17 heavy (non-hydrogen) atoms. The molecule has 1 N–H and O–H groups in total. The van der Waals surface area contributed by atoms with Gasteiger partial charge in [0, 0.05) is 13.0 Å². The molecule has 1 rings (SSSR count). The zero-order valence-electron chi connectivity index (χ0n) is 9.73. The number of nitriles is 1. The van der Waals surface area contributed by atoms with Gasteiger partial charge in [0.25, 0.3) is 0 Å². The maximum absolute atomic E-state index is 11.4. The number of carbonyl (C=O) groups is 1. The number of hydrogen-bond donors (Lipinski definition) is 1. The van der Waals surface area contributed by atoms with Crippen LogP contribution in [0.25, 0.3) is 0 Å². The van der Waals surface area contributed by atoms with Crippen molar-refractivity contribution in [3.05, 3.63) is 48.6 Å². The Bertz CT molecular complexity index is 406. The first-order valence-corrected chi connectivity index (χ1v) is 5.60. The molecule has 1 aromatic rings. The van der Waals surface area contributed by atoms with Gasteiger partial charge in [-0.25, -0.2) is 0 Å². The summed E-state index contributed by atoms with van der Waals surface area (Å²) in [4.78, 5) is 11.4. The molecule has 1 atom stereocenters. The summed E-state index contributed by atoms with van der Waals surface area (Å²) in [5.41, 5.74) is 0.964. The largest absolute Gasteiger partial charge is 0.353 e. The molecule has 3 heteroatoms. The number of hydrogen-bond acceptors (Lipinski definition) is 2. The van der Waals surface area contributed by atoms with Gasteiger partial charge in [-0.05, 0) is 12.0 Å². The normalized spacial score (nSPS) is 11.2. The molecule has 0 saturated carbocycles. The van der Waals surface area contributed by atoms with Gasteiger partial charge in [-0.2, -0.15) is 5.26 Å². The van der Waals surface area contributed by atoms with Crippen LogP contribution in [0.1, 0.15) is 24.3 Å². The summed E-state index contributed by atoms with van der Waals surface area (Å²) in [6.07, 6.45) is 2.54. The first-order valence-electron chi connectivity index (χ1n) is 5.60. The van der Waals surface area contributed by atoms with Gasteiger partial charge in [-0.1, -0.05) is 36.4 Å². The Hall–Kier alpha value is -2.08. The molecular weight excluding hydrogens is 212 g/mol. The number of carbonyl (C=O) groups excluding carboxylic acids is 1. The van der Waals surface area contributed by atoms with E-state index in [9.17, 15) is 4.79 Å². The van der Waals surface area contributed by atoms with E-state index in [0.29, 0.717) is 19.4 Å². The van der Waals surface area contributed by atoms with Crippen LogP contribution < -0.4 is 5.32 Å². The molecule has 1 amide bonds. The Morgan fingerprint density at radius 3 is 2.76 bits per heavy atom. The minimum absolute atomic E-state index is 0.0407. The van der Waals surface area contributed by atoms with E-state index in [1.54, 1.807) is 6.08 Å². The van der Waals surface area contributed by atoms with Crippen LogP contribution in [0.5, 0.6) is 0 Å². The molecule has 0 aliphatic heterocycles. The van der Waals surface area contributed by atoms with Crippen LogP contribution >= 0.6 is 0 Å². The summed E-state index contributed by atoms with van der Waals surface area (Å²) in [6, 6.07) is 11.8. The number of rotatable bonds is 6. The van der Waals surface area contributed by atoms with Crippen molar-refractivity contribution in [1.82, 2.24) is 5.32 Å². The van der Waals surface area contributed by atoms with Crippen molar-refractivity contribution in [3.63, 3.8) is 0 Å². The number of amides is 1. The molecule has 1 unspecified atom stereocenters. The van der Waals surface area contributed by atoms with E-state index in [-0.39, 0.29) is 11.8 Å². The predicted molar refractivity (Wildman–Crippen MR) is 67.2 cm³/mol. The van der Waals surface area contributed by atoms with E-state index in [1.165, 1.54) is 0 Å². The van der Waals surface area contributed by atoms with Gasteiger partial charge in [0.2, 0.25) is 5.91 Å². The van der Waals surface area contributed by atoms with Crippen molar-refractivity contribution in [1.29, 1.82) is 5.26 Å². The highest BCUT2D eigenvalue weighted by molar-refractivity contribution is 5.76. The lowest BCUT2D eigenvalue weighted by Crippen LogP contribution is -2.23. The Balaban J connectivity index is 2.47. The van der Waals surface area contributed by atoms with Crippen molar-refractivity contribution in [2.45, 2.75) is 18.8 Å². The maximum Gasteiger partial charge on any atom is 0.220 e. The zero-order chi connectivity index (χ0) is 12.5. The third-order valence-corrected chi connectivity index (χ3v) is 2.46. The fraction of sp³-hybridized carbons (Fsp3) is 0.286. The van der Waals surface area contributed by atoms with Gasteiger partial charge in [-0.3, -0.25) is 4.79 Å². The third-order valence-electron chi connectivity index (χ3n) is 2.46. The standard InChI is InChI=1S/C14H16N2O/c1-2-10-16-14(17)9-8-13(11-15)12-6-4-3-5-7-12/h2-7,13H,1,8-10H2,(H,16,17). The molecule has 0 aromatic heterocycles. The van der Waals surface area contributed by atoms with Crippen molar-refractivity contribution in [3.8, 4) is 6.07 Å². The summed E-state index contributed by atoms with van der Waals surface area (Å²) in [7, 11) is 0. The summed E-state index contributed by atoms with van der Waals surface area (Å²) in [5.74, 6) is -0.258. The second-order valence-electron chi connectivity index (χ2n) is 3.72. The first-order chi connectivity index (χ1) is 8.27. The number of nitrogens with one attached hydrogen (secondary N) is 1. The lowest BCUT2D eigenvalue weighted by molar-refractivity contribution is -0.121. The predicted octanol–water partition coefficient (Wildman–Crippen LogP) is 2.38. The topological polar surface area (TPSA) is 52.9 Å². The average Bonchev–Trinajstić information content (AvgIpc) is 2.38. The molecule has 0 aliphatic rings. The van der Waals surface area contributed by atoms with E-state index >= 15 is 0 Å². The van der Waals surface area contributed by atoms with Crippen LogP contribution in [0.15, 0.2) is 43.0 Å². The van der Waals surface area contributed by atoms with Crippen LogP contribution in [0, 0.1) is 11.3 Å². The van der Waals surface area contributed by atoms with E-state index in [1.807, 2.05) is 30.3 Å².